The van der Waals surface area contributed by atoms with Crippen LogP contribution >= 0.6 is 0 Å². The second-order valence-electron chi connectivity index (χ2n) is 10.8. The molecular formula is C25H34O6. The van der Waals surface area contributed by atoms with Gasteiger partial charge in [0.2, 0.25) is 5.60 Å². The van der Waals surface area contributed by atoms with Crippen LogP contribution in [0.5, 0.6) is 0 Å². The van der Waals surface area contributed by atoms with Crippen molar-refractivity contribution >= 4 is 17.7 Å². The lowest BCUT2D eigenvalue weighted by atomic mass is 9.66. The number of esters is 2. The minimum absolute atomic E-state index is 0.273. The molecule has 4 atom stereocenters. The summed E-state index contributed by atoms with van der Waals surface area (Å²) in [6.45, 7) is 16.4. The third kappa shape index (κ3) is 3.22. The van der Waals surface area contributed by atoms with E-state index < -0.39 is 39.5 Å². The van der Waals surface area contributed by atoms with Crippen LogP contribution in [0.25, 0.3) is 0 Å². The summed E-state index contributed by atoms with van der Waals surface area (Å²) in [6.07, 6.45) is 5.05. The summed E-state index contributed by atoms with van der Waals surface area (Å²) in [5, 5.41) is 10.2. The second-order valence-corrected chi connectivity index (χ2v) is 10.8. The lowest BCUT2D eigenvalue weighted by molar-refractivity contribution is -0.188. The van der Waals surface area contributed by atoms with Gasteiger partial charge in [0.05, 0.1) is 11.0 Å². The van der Waals surface area contributed by atoms with Gasteiger partial charge < -0.3 is 14.6 Å². The quantitative estimate of drug-likeness (QED) is 0.527. The summed E-state index contributed by atoms with van der Waals surface area (Å²) in [5.74, 6) is -1.29. The van der Waals surface area contributed by atoms with Gasteiger partial charge in [-0.05, 0) is 56.3 Å². The highest BCUT2D eigenvalue weighted by Crippen LogP contribution is 2.66. The summed E-state index contributed by atoms with van der Waals surface area (Å²) in [5.41, 5.74) is -3.21. The molecule has 1 saturated heterocycles. The van der Waals surface area contributed by atoms with E-state index in [0.717, 1.165) is 5.57 Å². The standard InChI is InChI=1S/C25H34O6/c1-9-23(7,29)11-10-16-15(2)18(26)17(14-21(16,3)4)30-20(28)25-13-12-24(8,19(27)31-25)22(25,5)6/h9-11,17,29H,1,12-14H2,2-8H3/t17-,23?,24?,25?/m1/s1. The van der Waals surface area contributed by atoms with E-state index in [1.807, 2.05) is 34.6 Å². The fourth-order valence-electron chi connectivity index (χ4n) is 5.24. The number of carbonyl (C=O) groups excluding carboxylic acids is 3. The van der Waals surface area contributed by atoms with E-state index in [9.17, 15) is 19.5 Å². The number of ether oxygens (including phenoxy) is 2. The number of carbonyl (C=O) groups is 3. The van der Waals surface area contributed by atoms with Crippen LogP contribution < -0.4 is 0 Å². The van der Waals surface area contributed by atoms with E-state index in [0.29, 0.717) is 24.8 Å². The van der Waals surface area contributed by atoms with Crippen LogP contribution in [0.2, 0.25) is 0 Å². The first-order chi connectivity index (χ1) is 14.0. The second kappa shape index (κ2) is 6.89. The molecular weight excluding hydrogens is 396 g/mol. The van der Waals surface area contributed by atoms with Crippen molar-refractivity contribution < 1.29 is 29.0 Å². The molecule has 3 aliphatic rings. The van der Waals surface area contributed by atoms with Gasteiger partial charge in [0.15, 0.2) is 11.9 Å². The third-order valence-corrected chi connectivity index (χ3v) is 8.15. The topological polar surface area (TPSA) is 89.9 Å². The van der Waals surface area contributed by atoms with Crippen molar-refractivity contribution in [2.75, 3.05) is 0 Å². The molecule has 0 aromatic carbocycles. The van der Waals surface area contributed by atoms with Crippen LogP contribution in [0.15, 0.2) is 36.0 Å². The lowest BCUT2D eigenvalue weighted by Gasteiger charge is -2.39. The van der Waals surface area contributed by atoms with Gasteiger partial charge in [0.25, 0.3) is 0 Å². The zero-order valence-corrected chi connectivity index (χ0v) is 19.6. The Bertz CT molecular complexity index is 918. The Hall–Kier alpha value is -2.21. The van der Waals surface area contributed by atoms with E-state index in [2.05, 4.69) is 6.58 Å². The summed E-state index contributed by atoms with van der Waals surface area (Å²) in [6, 6.07) is 0. The minimum Gasteiger partial charge on any atom is -0.451 e. The van der Waals surface area contributed by atoms with Crippen molar-refractivity contribution in [2.45, 2.75) is 85.0 Å². The summed E-state index contributed by atoms with van der Waals surface area (Å²) in [7, 11) is 0. The first kappa shape index (κ1) is 23.5. The van der Waals surface area contributed by atoms with Gasteiger partial charge in [0.1, 0.15) is 0 Å². The maximum Gasteiger partial charge on any atom is 0.351 e. The zero-order chi connectivity index (χ0) is 23.6. The van der Waals surface area contributed by atoms with Crippen molar-refractivity contribution in [3.8, 4) is 0 Å². The fourth-order valence-corrected chi connectivity index (χ4v) is 5.24. The number of hydrogen-bond acceptors (Lipinski definition) is 6. The average Bonchev–Trinajstić information content (AvgIpc) is 2.95. The van der Waals surface area contributed by atoms with Crippen molar-refractivity contribution in [3.05, 3.63) is 36.0 Å². The van der Waals surface area contributed by atoms with Crippen LogP contribution in [0.4, 0.5) is 0 Å². The van der Waals surface area contributed by atoms with Gasteiger partial charge in [-0.15, -0.1) is 0 Å². The summed E-state index contributed by atoms with van der Waals surface area (Å²) < 4.78 is 11.4. The van der Waals surface area contributed by atoms with E-state index >= 15 is 0 Å². The number of aliphatic hydroxyl groups is 1. The molecule has 0 aromatic rings. The van der Waals surface area contributed by atoms with Crippen molar-refractivity contribution in [3.63, 3.8) is 0 Å². The Morgan fingerprint density at radius 1 is 1.23 bits per heavy atom. The first-order valence-corrected chi connectivity index (χ1v) is 10.8. The molecule has 1 saturated carbocycles. The monoisotopic (exact) mass is 430 g/mol. The molecule has 0 radical (unpaired) electrons. The molecule has 170 valence electrons. The number of rotatable bonds is 5. The molecule has 6 nitrogen and oxygen atoms in total. The Labute approximate surface area is 184 Å². The first-order valence-electron chi connectivity index (χ1n) is 10.8. The predicted molar refractivity (Wildman–Crippen MR) is 116 cm³/mol. The molecule has 0 spiro atoms. The number of allylic oxidation sites excluding steroid dienone is 2. The van der Waals surface area contributed by atoms with Gasteiger partial charge in [0, 0.05) is 11.8 Å². The molecule has 2 fully saturated rings. The molecule has 0 amide bonds. The van der Waals surface area contributed by atoms with E-state index in [1.165, 1.54) is 6.08 Å². The number of Topliss-reactive ketones (excluding diaryl/α,β-unsaturated/α-hetero) is 1. The summed E-state index contributed by atoms with van der Waals surface area (Å²) in [4.78, 5) is 38.9. The van der Waals surface area contributed by atoms with E-state index in [4.69, 9.17) is 9.47 Å². The van der Waals surface area contributed by atoms with Crippen LogP contribution in [0.1, 0.15) is 67.7 Å². The maximum atomic E-state index is 13.3. The lowest BCUT2D eigenvalue weighted by Crippen LogP contribution is -2.51. The Kier molecular flexibility index (Phi) is 5.22. The van der Waals surface area contributed by atoms with Crippen LogP contribution in [0.3, 0.4) is 0 Å². The molecule has 1 heterocycles. The Morgan fingerprint density at radius 3 is 2.32 bits per heavy atom. The Morgan fingerprint density at radius 2 is 1.84 bits per heavy atom. The van der Waals surface area contributed by atoms with Gasteiger partial charge >= 0.3 is 11.9 Å². The van der Waals surface area contributed by atoms with Gasteiger partial charge in [-0.3, -0.25) is 9.59 Å². The van der Waals surface area contributed by atoms with Gasteiger partial charge in [-0.2, -0.15) is 0 Å². The third-order valence-electron chi connectivity index (χ3n) is 8.15. The molecule has 31 heavy (non-hydrogen) atoms. The maximum absolute atomic E-state index is 13.3. The highest BCUT2D eigenvalue weighted by molar-refractivity contribution is 6.02. The fraction of sp³-hybridized carbons (Fsp3) is 0.640. The molecule has 6 heteroatoms. The van der Waals surface area contributed by atoms with Gasteiger partial charge in [-0.25, -0.2) is 4.79 Å². The smallest absolute Gasteiger partial charge is 0.351 e. The molecule has 2 bridgehead atoms. The highest BCUT2D eigenvalue weighted by atomic mass is 16.6. The molecule has 1 aliphatic heterocycles. The Balaban J connectivity index is 1.88. The minimum atomic E-state index is -1.36. The van der Waals surface area contributed by atoms with Crippen molar-refractivity contribution in [1.82, 2.24) is 0 Å². The van der Waals surface area contributed by atoms with E-state index in [-0.39, 0.29) is 11.8 Å². The molecule has 1 N–H and O–H groups in total. The molecule has 3 rings (SSSR count). The predicted octanol–water partition coefficient (Wildman–Crippen LogP) is 3.83. The zero-order valence-electron chi connectivity index (χ0n) is 19.6. The molecule has 3 unspecified atom stereocenters. The largest absolute Gasteiger partial charge is 0.451 e. The van der Waals surface area contributed by atoms with Crippen molar-refractivity contribution in [2.24, 2.45) is 16.2 Å². The normalized spacial score (nSPS) is 35.8. The SMILES string of the molecule is C=CC(C)(O)C=CC1=C(C)C(=O)[C@H](OC(=O)C23CCC(C)(C(=O)O2)C3(C)C)CC1(C)C. The van der Waals surface area contributed by atoms with Gasteiger partial charge in [-0.1, -0.05) is 46.4 Å². The van der Waals surface area contributed by atoms with Crippen LogP contribution in [0, 0.1) is 16.2 Å². The molecule has 2 aliphatic carbocycles. The van der Waals surface area contributed by atoms with Crippen LogP contribution in [-0.2, 0) is 23.9 Å². The highest BCUT2D eigenvalue weighted by Gasteiger charge is 2.76. The summed E-state index contributed by atoms with van der Waals surface area (Å²) >= 11 is 0. The number of hydrogen-bond donors (Lipinski definition) is 1. The average molecular weight is 431 g/mol. The van der Waals surface area contributed by atoms with Crippen LogP contribution in [-0.4, -0.2) is 40.1 Å². The molecule has 0 aromatic heterocycles. The van der Waals surface area contributed by atoms with E-state index in [1.54, 1.807) is 26.0 Å². The van der Waals surface area contributed by atoms with Crippen molar-refractivity contribution in [1.29, 1.82) is 0 Å². The number of fused-ring (bicyclic) bond motifs is 2. The number of ketones is 1.